The lowest BCUT2D eigenvalue weighted by Crippen LogP contribution is -2.14. The Morgan fingerprint density at radius 3 is 2.52 bits per heavy atom. The van der Waals surface area contributed by atoms with Crippen LogP contribution in [-0.2, 0) is 10.0 Å². The average molecular weight is 332 g/mol. The van der Waals surface area contributed by atoms with Gasteiger partial charge in [0.15, 0.2) is 11.5 Å². The summed E-state index contributed by atoms with van der Waals surface area (Å²) in [6.07, 6.45) is 0. The molecule has 0 bridgehead atoms. The van der Waals surface area contributed by atoms with E-state index >= 15 is 0 Å². The third kappa shape index (κ3) is 3.37. The van der Waals surface area contributed by atoms with Crippen LogP contribution in [0.15, 0.2) is 41.3 Å². The summed E-state index contributed by atoms with van der Waals surface area (Å²) in [6.45, 7) is 0. The molecule has 2 rings (SSSR count). The Morgan fingerprint density at radius 1 is 1.24 bits per heavy atom. The van der Waals surface area contributed by atoms with Crippen LogP contribution in [0.5, 0.6) is 11.5 Å². The van der Waals surface area contributed by atoms with Crippen LogP contribution >= 0.6 is 11.6 Å². The van der Waals surface area contributed by atoms with Crippen LogP contribution in [-0.4, -0.2) is 20.6 Å². The number of hydrogen-bond donors (Lipinski definition) is 2. The number of hydrogen-bond acceptors (Lipinski definition) is 4. The highest BCUT2D eigenvalue weighted by Gasteiger charge is 2.19. The van der Waals surface area contributed by atoms with Crippen molar-refractivity contribution in [1.82, 2.24) is 0 Å². The molecule has 0 saturated carbocycles. The normalized spacial score (nSPS) is 11.2. The van der Waals surface area contributed by atoms with Crippen LogP contribution in [0.25, 0.3) is 0 Å². The Balaban J connectivity index is 2.35. The molecule has 0 aliphatic carbocycles. The third-order valence-corrected chi connectivity index (χ3v) is 4.26. The predicted molar refractivity (Wildman–Crippen MR) is 76.9 cm³/mol. The van der Waals surface area contributed by atoms with Crippen LogP contribution in [0, 0.1) is 5.82 Å². The summed E-state index contributed by atoms with van der Waals surface area (Å²) < 4.78 is 44.9. The van der Waals surface area contributed by atoms with Crippen molar-refractivity contribution in [3.63, 3.8) is 0 Å². The number of benzene rings is 2. The van der Waals surface area contributed by atoms with Gasteiger partial charge in [-0.3, -0.25) is 4.72 Å². The number of phenols is 1. The molecule has 2 N–H and O–H groups in total. The van der Waals surface area contributed by atoms with E-state index in [0.29, 0.717) is 0 Å². The quantitative estimate of drug-likeness (QED) is 0.903. The minimum absolute atomic E-state index is 0.0719. The lowest BCUT2D eigenvalue weighted by atomic mass is 10.3. The number of phenolic OH excluding ortho intramolecular Hbond substituents is 1. The van der Waals surface area contributed by atoms with Gasteiger partial charge in [0.1, 0.15) is 10.7 Å². The van der Waals surface area contributed by atoms with Crippen molar-refractivity contribution in [1.29, 1.82) is 0 Å². The molecular weight excluding hydrogens is 321 g/mol. The molecule has 0 aliphatic heterocycles. The molecule has 2 aromatic carbocycles. The first-order valence-electron chi connectivity index (χ1n) is 5.68. The Morgan fingerprint density at radius 2 is 1.95 bits per heavy atom. The highest BCUT2D eigenvalue weighted by Crippen LogP contribution is 2.30. The highest BCUT2D eigenvalue weighted by molar-refractivity contribution is 7.92. The number of rotatable bonds is 4. The van der Waals surface area contributed by atoms with Gasteiger partial charge in [-0.2, -0.15) is 0 Å². The van der Waals surface area contributed by atoms with Gasteiger partial charge in [0.25, 0.3) is 10.0 Å². The molecule has 112 valence electrons. The van der Waals surface area contributed by atoms with Crippen LogP contribution in [0.4, 0.5) is 10.1 Å². The van der Waals surface area contributed by atoms with E-state index < -0.39 is 20.7 Å². The monoisotopic (exact) mass is 331 g/mol. The van der Waals surface area contributed by atoms with E-state index in [-0.39, 0.29) is 22.2 Å². The fourth-order valence-corrected chi connectivity index (χ4v) is 2.93. The number of halogens is 2. The minimum atomic E-state index is -4.13. The molecule has 8 heteroatoms. The Bertz CT molecular complexity index is 780. The Kier molecular flexibility index (Phi) is 4.24. The van der Waals surface area contributed by atoms with Gasteiger partial charge >= 0.3 is 0 Å². The van der Waals surface area contributed by atoms with Crippen molar-refractivity contribution >= 4 is 27.3 Å². The summed E-state index contributed by atoms with van der Waals surface area (Å²) >= 11 is 5.58. The van der Waals surface area contributed by atoms with E-state index in [4.69, 9.17) is 16.3 Å². The molecule has 0 saturated heterocycles. The van der Waals surface area contributed by atoms with Gasteiger partial charge < -0.3 is 9.84 Å². The summed E-state index contributed by atoms with van der Waals surface area (Å²) in [6, 6.07) is 7.15. The maximum Gasteiger partial charge on any atom is 0.264 e. The van der Waals surface area contributed by atoms with Gasteiger partial charge in [0, 0.05) is 11.1 Å². The maximum absolute atomic E-state index is 13.7. The molecule has 0 heterocycles. The smallest absolute Gasteiger partial charge is 0.264 e. The number of anilines is 1. The zero-order chi connectivity index (χ0) is 15.6. The van der Waals surface area contributed by atoms with E-state index in [0.717, 1.165) is 18.2 Å². The third-order valence-electron chi connectivity index (χ3n) is 2.61. The second-order valence-electron chi connectivity index (χ2n) is 4.07. The number of ether oxygens (including phenoxy) is 1. The second kappa shape index (κ2) is 5.79. The summed E-state index contributed by atoms with van der Waals surface area (Å²) in [4.78, 5) is -0.540. The van der Waals surface area contributed by atoms with Crippen molar-refractivity contribution in [3.05, 3.63) is 47.2 Å². The topological polar surface area (TPSA) is 75.6 Å². The first-order valence-corrected chi connectivity index (χ1v) is 7.54. The van der Waals surface area contributed by atoms with Crippen LogP contribution in [0.1, 0.15) is 0 Å². The minimum Gasteiger partial charge on any atom is -0.504 e. The second-order valence-corrected chi connectivity index (χ2v) is 6.15. The first kappa shape index (κ1) is 15.4. The molecule has 0 amide bonds. The van der Waals surface area contributed by atoms with Gasteiger partial charge in [-0.15, -0.1) is 0 Å². The van der Waals surface area contributed by atoms with Gasteiger partial charge in [0.2, 0.25) is 0 Å². The molecule has 2 aromatic rings. The fourth-order valence-electron chi connectivity index (χ4n) is 1.66. The predicted octanol–water partition coefficient (Wildman–Crippen LogP) is 2.99. The molecule has 5 nitrogen and oxygen atoms in total. The van der Waals surface area contributed by atoms with Gasteiger partial charge in [-0.05, 0) is 30.3 Å². The molecule has 0 aliphatic rings. The number of aromatic hydroxyl groups is 1. The van der Waals surface area contributed by atoms with E-state index in [1.165, 1.54) is 25.3 Å². The highest BCUT2D eigenvalue weighted by atomic mass is 35.5. The van der Waals surface area contributed by atoms with E-state index in [2.05, 4.69) is 4.72 Å². The van der Waals surface area contributed by atoms with Crippen molar-refractivity contribution in [2.24, 2.45) is 0 Å². The van der Waals surface area contributed by atoms with Crippen molar-refractivity contribution in [2.75, 3.05) is 11.8 Å². The van der Waals surface area contributed by atoms with Gasteiger partial charge in [-0.25, -0.2) is 12.8 Å². The molecule has 0 fully saturated rings. The standard InChI is InChI=1S/C13H11ClFNO4S/c1-20-12-4-3-9(7-11(12)17)16-21(18,19)13-5-2-8(14)6-10(13)15/h2-7,16-17H,1H3. The molecule has 21 heavy (non-hydrogen) atoms. The Hall–Kier alpha value is -1.99. The molecular formula is C13H11ClFNO4S. The molecule has 0 aromatic heterocycles. The van der Waals surface area contributed by atoms with Crippen molar-refractivity contribution in [2.45, 2.75) is 4.90 Å². The zero-order valence-electron chi connectivity index (χ0n) is 10.8. The maximum atomic E-state index is 13.7. The molecule has 0 radical (unpaired) electrons. The van der Waals surface area contributed by atoms with E-state index in [1.54, 1.807) is 0 Å². The Labute approximate surface area is 126 Å². The molecule has 0 spiro atoms. The first-order chi connectivity index (χ1) is 9.83. The van der Waals surface area contributed by atoms with Crippen molar-refractivity contribution < 1.29 is 22.7 Å². The largest absolute Gasteiger partial charge is 0.504 e. The van der Waals surface area contributed by atoms with Crippen molar-refractivity contribution in [3.8, 4) is 11.5 Å². The average Bonchev–Trinajstić information content (AvgIpc) is 2.37. The van der Waals surface area contributed by atoms with E-state index in [9.17, 15) is 17.9 Å². The number of methoxy groups -OCH3 is 1. The lowest BCUT2D eigenvalue weighted by molar-refractivity contribution is 0.373. The summed E-state index contributed by atoms with van der Waals surface area (Å²) in [5.41, 5.74) is 0.0719. The fraction of sp³-hybridized carbons (Fsp3) is 0.0769. The zero-order valence-corrected chi connectivity index (χ0v) is 12.4. The summed E-state index contributed by atoms with van der Waals surface area (Å²) in [5, 5.41) is 9.69. The summed E-state index contributed by atoms with van der Waals surface area (Å²) in [5.74, 6) is -1.02. The van der Waals surface area contributed by atoms with Gasteiger partial charge in [-0.1, -0.05) is 11.6 Å². The number of nitrogens with one attached hydrogen (secondary N) is 1. The number of sulfonamides is 1. The van der Waals surface area contributed by atoms with Crippen LogP contribution in [0.3, 0.4) is 0 Å². The van der Waals surface area contributed by atoms with Crippen LogP contribution in [0.2, 0.25) is 5.02 Å². The van der Waals surface area contributed by atoms with Crippen LogP contribution < -0.4 is 9.46 Å². The molecule has 0 unspecified atom stereocenters. The van der Waals surface area contributed by atoms with Gasteiger partial charge in [0.05, 0.1) is 12.8 Å². The van der Waals surface area contributed by atoms with E-state index in [1.807, 2.05) is 0 Å². The summed E-state index contributed by atoms with van der Waals surface area (Å²) in [7, 11) is -2.77. The SMILES string of the molecule is COc1ccc(NS(=O)(=O)c2ccc(Cl)cc2F)cc1O. The lowest BCUT2D eigenvalue weighted by Gasteiger charge is -2.10. The molecule has 0 atom stereocenters.